The summed E-state index contributed by atoms with van der Waals surface area (Å²) in [6.07, 6.45) is 2.58. The van der Waals surface area contributed by atoms with E-state index in [0.717, 1.165) is 32.4 Å². The second kappa shape index (κ2) is 6.64. The first-order valence-electron chi connectivity index (χ1n) is 7.82. The summed E-state index contributed by atoms with van der Waals surface area (Å²) in [5.41, 5.74) is 0. The third-order valence-corrected chi connectivity index (χ3v) is 5.01. The molecule has 6 nitrogen and oxygen atoms in total. The molecule has 0 spiro atoms. The number of urea groups is 1. The predicted molar refractivity (Wildman–Crippen MR) is 80.1 cm³/mol. The lowest BCUT2D eigenvalue weighted by Gasteiger charge is -2.23. The molecule has 1 aliphatic heterocycles. The van der Waals surface area contributed by atoms with Crippen LogP contribution in [0.3, 0.4) is 0 Å². The smallest absolute Gasteiger partial charge is 0.317 e. The van der Waals surface area contributed by atoms with E-state index >= 15 is 0 Å². The van der Waals surface area contributed by atoms with Crippen LogP contribution in [-0.4, -0.2) is 66.7 Å². The molecule has 2 N–H and O–H groups in total. The molecule has 0 bridgehead atoms. The fourth-order valence-corrected chi connectivity index (χ4v) is 3.72. The number of hydrogen-bond donors (Lipinski definition) is 2. The Morgan fingerprint density at radius 2 is 2.00 bits per heavy atom. The van der Waals surface area contributed by atoms with E-state index in [-0.39, 0.29) is 17.9 Å². The van der Waals surface area contributed by atoms with E-state index in [2.05, 4.69) is 17.1 Å². The summed E-state index contributed by atoms with van der Waals surface area (Å²) >= 11 is 0. The van der Waals surface area contributed by atoms with E-state index in [9.17, 15) is 9.59 Å². The van der Waals surface area contributed by atoms with Gasteiger partial charge in [0.05, 0.1) is 5.92 Å². The molecule has 2 amide bonds. The Bertz CT molecular complexity index is 400. The minimum absolute atomic E-state index is 0.0535. The highest BCUT2D eigenvalue weighted by Crippen LogP contribution is 2.31. The van der Waals surface area contributed by atoms with Crippen LogP contribution in [0.15, 0.2) is 0 Å². The van der Waals surface area contributed by atoms with Gasteiger partial charge in [-0.1, -0.05) is 13.3 Å². The van der Waals surface area contributed by atoms with E-state index in [4.69, 9.17) is 5.11 Å². The Balaban J connectivity index is 1.81. The van der Waals surface area contributed by atoms with Crippen LogP contribution < -0.4 is 5.32 Å². The average molecular weight is 297 g/mol. The van der Waals surface area contributed by atoms with Crippen molar-refractivity contribution in [3.05, 3.63) is 0 Å². The highest BCUT2D eigenvalue weighted by atomic mass is 16.4. The van der Waals surface area contributed by atoms with Crippen molar-refractivity contribution in [3.63, 3.8) is 0 Å². The predicted octanol–water partition coefficient (Wildman–Crippen LogP) is 1.08. The van der Waals surface area contributed by atoms with Crippen molar-refractivity contribution < 1.29 is 14.7 Å². The normalized spacial score (nSPS) is 32.7. The molecule has 120 valence electrons. The minimum atomic E-state index is -0.728. The van der Waals surface area contributed by atoms with Gasteiger partial charge in [0.1, 0.15) is 0 Å². The van der Waals surface area contributed by atoms with Gasteiger partial charge in [0.25, 0.3) is 0 Å². The number of carbonyl (C=O) groups excluding carboxylic acids is 1. The molecule has 1 saturated heterocycles. The molecule has 6 heteroatoms. The third kappa shape index (κ3) is 3.67. The number of rotatable bonds is 4. The number of aliphatic carboxylic acids is 1. The first-order valence-corrected chi connectivity index (χ1v) is 7.82. The number of nitrogens with one attached hydrogen (secondary N) is 1. The number of carboxylic acids is 1. The summed E-state index contributed by atoms with van der Waals surface area (Å²) in [4.78, 5) is 27.4. The second-order valence-electron chi connectivity index (χ2n) is 6.73. The largest absolute Gasteiger partial charge is 0.481 e. The van der Waals surface area contributed by atoms with E-state index in [0.29, 0.717) is 18.5 Å². The number of likely N-dealkylation sites (N-methyl/N-ethyl adjacent to an activating group) is 1. The quantitative estimate of drug-likeness (QED) is 0.814. The lowest BCUT2D eigenvalue weighted by Crippen LogP contribution is -2.43. The topological polar surface area (TPSA) is 72.9 Å². The lowest BCUT2D eigenvalue weighted by molar-refractivity contribution is -0.142. The van der Waals surface area contributed by atoms with Gasteiger partial charge in [0, 0.05) is 25.7 Å². The van der Waals surface area contributed by atoms with Crippen molar-refractivity contribution in [2.75, 3.05) is 33.7 Å². The van der Waals surface area contributed by atoms with Gasteiger partial charge in [-0.05, 0) is 38.8 Å². The number of likely N-dealkylation sites (tertiary alicyclic amines) is 1. The van der Waals surface area contributed by atoms with Gasteiger partial charge in [-0.3, -0.25) is 4.79 Å². The standard InChI is InChI=1S/C15H27N3O3/c1-10-8-18(9-13(10)17(2)3)15(21)16-7-11-5-4-6-12(11)14(19)20/h10-13H,4-9H2,1-3H3,(H,16,21)(H,19,20). The Morgan fingerprint density at radius 1 is 1.29 bits per heavy atom. The molecule has 0 radical (unpaired) electrons. The maximum atomic E-state index is 12.2. The monoisotopic (exact) mass is 297 g/mol. The average Bonchev–Trinajstić information content (AvgIpc) is 3.01. The number of nitrogens with zero attached hydrogens (tertiary/aromatic N) is 2. The molecular formula is C15H27N3O3. The van der Waals surface area contributed by atoms with Gasteiger partial charge in [-0.25, -0.2) is 4.79 Å². The van der Waals surface area contributed by atoms with Crippen molar-refractivity contribution >= 4 is 12.0 Å². The van der Waals surface area contributed by atoms with Crippen LogP contribution in [0.1, 0.15) is 26.2 Å². The van der Waals surface area contributed by atoms with Gasteiger partial charge in [0.15, 0.2) is 0 Å². The molecule has 1 saturated carbocycles. The van der Waals surface area contributed by atoms with Crippen LogP contribution in [-0.2, 0) is 4.79 Å². The Morgan fingerprint density at radius 3 is 2.57 bits per heavy atom. The van der Waals surface area contributed by atoms with E-state index in [1.807, 2.05) is 19.0 Å². The molecule has 2 aliphatic rings. The molecule has 0 aromatic rings. The number of amides is 2. The van der Waals surface area contributed by atoms with Gasteiger partial charge in [0.2, 0.25) is 0 Å². The van der Waals surface area contributed by atoms with Crippen LogP contribution >= 0.6 is 0 Å². The van der Waals surface area contributed by atoms with Crippen molar-refractivity contribution in [3.8, 4) is 0 Å². The van der Waals surface area contributed by atoms with Crippen molar-refractivity contribution in [1.82, 2.24) is 15.1 Å². The molecule has 2 fully saturated rings. The van der Waals surface area contributed by atoms with E-state index < -0.39 is 5.97 Å². The van der Waals surface area contributed by atoms with Crippen molar-refractivity contribution in [2.45, 2.75) is 32.2 Å². The summed E-state index contributed by atoms with van der Waals surface area (Å²) in [5, 5.41) is 12.1. The third-order valence-electron chi connectivity index (χ3n) is 5.01. The van der Waals surface area contributed by atoms with Gasteiger partial charge >= 0.3 is 12.0 Å². The highest BCUT2D eigenvalue weighted by Gasteiger charge is 2.36. The SMILES string of the molecule is CC1CN(C(=O)NCC2CCCC2C(=O)O)CC1N(C)C. The molecular weight excluding hydrogens is 270 g/mol. The van der Waals surface area contributed by atoms with Gasteiger partial charge in [-0.15, -0.1) is 0 Å². The summed E-state index contributed by atoms with van der Waals surface area (Å²) in [7, 11) is 4.08. The van der Waals surface area contributed by atoms with Crippen LogP contribution in [0.25, 0.3) is 0 Å². The summed E-state index contributed by atoms with van der Waals surface area (Å²) in [6, 6.07) is 0.344. The number of hydrogen-bond acceptors (Lipinski definition) is 3. The second-order valence-corrected chi connectivity index (χ2v) is 6.73. The highest BCUT2D eigenvalue weighted by molar-refractivity contribution is 5.75. The zero-order valence-corrected chi connectivity index (χ0v) is 13.2. The molecule has 2 rings (SSSR count). The Labute approximate surface area is 126 Å². The lowest BCUT2D eigenvalue weighted by atomic mass is 9.96. The first-order chi connectivity index (χ1) is 9.90. The van der Waals surface area contributed by atoms with Crippen LogP contribution in [0, 0.1) is 17.8 Å². The van der Waals surface area contributed by atoms with E-state index in [1.165, 1.54) is 0 Å². The fraction of sp³-hybridized carbons (Fsp3) is 0.867. The molecule has 0 aromatic heterocycles. The van der Waals surface area contributed by atoms with Crippen LogP contribution in [0.5, 0.6) is 0 Å². The molecule has 1 aliphatic carbocycles. The van der Waals surface area contributed by atoms with Crippen LogP contribution in [0.4, 0.5) is 4.79 Å². The molecule has 4 atom stereocenters. The molecule has 4 unspecified atom stereocenters. The minimum Gasteiger partial charge on any atom is -0.481 e. The maximum Gasteiger partial charge on any atom is 0.317 e. The first kappa shape index (κ1) is 16.1. The zero-order chi connectivity index (χ0) is 15.6. The molecule has 0 aromatic carbocycles. The van der Waals surface area contributed by atoms with Crippen molar-refractivity contribution in [2.24, 2.45) is 17.8 Å². The maximum absolute atomic E-state index is 12.2. The fourth-order valence-electron chi connectivity index (χ4n) is 3.72. The molecule has 1 heterocycles. The Kier molecular flexibility index (Phi) is 5.08. The van der Waals surface area contributed by atoms with E-state index in [1.54, 1.807) is 0 Å². The summed E-state index contributed by atoms with van der Waals surface area (Å²) in [5.74, 6) is -0.480. The molecule has 21 heavy (non-hydrogen) atoms. The summed E-state index contributed by atoms with van der Waals surface area (Å²) < 4.78 is 0. The van der Waals surface area contributed by atoms with Crippen LogP contribution in [0.2, 0.25) is 0 Å². The van der Waals surface area contributed by atoms with Gasteiger partial charge in [-0.2, -0.15) is 0 Å². The number of carboxylic acid groups (broad SMARTS) is 1. The Hall–Kier alpha value is -1.30. The summed E-state index contributed by atoms with van der Waals surface area (Å²) in [6.45, 7) is 4.15. The number of carbonyl (C=O) groups is 2. The van der Waals surface area contributed by atoms with Crippen molar-refractivity contribution in [1.29, 1.82) is 0 Å². The van der Waals surface area contributed by atoms with Gasteiger partial charge < -0.3 is 20.2 Å². The zero-order valence-electron chi connectivity index (χ0n) is 13.2.